The van der Waals surface area contributed by atoms with Crippen molar-refractivity contribution in [2.75, 3.05) is 25.6 Å². The number of halogens is 1. The minimum atomic E-state index is 0.407. The van der Waals surface area contributed by atoms with Crippen LogP contribution in [0.15, 0.2) is 0 Å². The second-order valence-corrected chi connectivity index (χ2v) is 4.33. The molecular weight excluding hydrogens is 226 g/mol. The summed E-state index contributed by atoms with van der Waals surface area (Å²) in [7, 11) is 1.69. The molecule has 1 rings (SSSR count). The standard InChI is InChI=1S/C11H18ClN3O/c1-7(6-16-4)5-13-11-10(12)14-8(2)9(3)15-11/h7H,5-6H2,1-4H3,(H,13,15). The molecule has 0 aromatic carbocycles. The lowest BCUT2D eigenvalue weighted by Gasteiger charge is -2.13. The first-order chi connectivity index (χ1) is 7.54. The summed E-state index contributed by atoms with van der Waals surface area (Å²) < 4.78 is 5.06. The number of methoxy groups -OCH3 is 1. The van der Waals surface area contributed by atoms with Gasteiger partial charge in [-0.15, -0.1) is 0 Å². The van der Waals surface area contributed by atoms with Crippen molar-refractivity contribution in [2.45, 2.75) is 20.8 Å². The molecule has 1 N–H and O–H groups in total. The number of hydrogen-bond acceptors (Lipinski definition) is 4. The van der Waals surface area contributed by atoms with Crippen LogP contribution >= 0.6 is 11.6 Å². The van der Waals surface area contributed by atoms with Crippen molar-refractivity contribution in [2.24, 2.45) is 5.92 Å². The Balaban J connectivity index is 2.63. The lowest BCUT2D eigenvalue weighted by molar-refractivity contribution is 0.164. The van der Waals surface area contributed by atoms with Gasteiger partial charge in [-0.05, 0) is 19.8 Å². The normalized spacial score (nSPS) is 12.6. The monoisotopic (exact) mass is 243 g/mol. The number of anilines is 1. The van der Waals surface area contributed by atoms with E-state index in [0.717, 1.165) is 17.9 Å². The molecule has 0 aliphatic heterocycles. The molecule has 0 fully saturated rings. The van der Waals surface area contributed by atoms with Crippen molar-refractivity contribution < 1.29 is 4.74 Å². The number of nitrogens with one attached hydrogen (secondary N) is 1. The van der Waals surface area contributed by atoms with E-state index in [1.807, 2.05) is 13.8 Å². The number of aryl methyl sites for hydroxylation is 2. The van der Waals surface area contributed by atoms with Gasteiger partial charge in [-0.3, -0.25) is 0 Å². The quantitative estimate of drug-likeness (QED) is 0.863. The highest BCUT2D eigenvalue weighted by atomic mass is 35.5. The number of nitrogens with zero attached hydrogens (tertiary/aromatic N) is 2. The van der Waals surface area contributed by atoms with Crippen molar-refractivity contribution in [1.82, 2.24) is 9.97 Å². The number of aromatic nitrogens is 2. The van der Waals surface area contributed by atoms with E-state index in [9.17, 15) is 0 Å². The molecule has 1 aromatic heterocycles. The molecule has 1 aromatic rings. The number of rotatable bonds is 5. The van der Waals surface area contributed by atoms with Crippen LogP contribution in [0, 0.1) is 19.8 Å². The van der Waals surface area contributed by atoms with Crippen molar-refractivity contribution in [3.8, 4) is 0 Å². The molecule has 0 bridgehead atoms. The van der Waals surface area contributed by atoms with Crippen LogP contribution < -0.4 is 5.32 Å². The van der Waals surface area contributed by atoms with Gasteiger partial charge in [0.25, 0.3) is 0 Å². The third-order valence-corrected chi connectivity index (χ3v) is 2.60. The van der Waals surface area contributed by atoms with Gasteiger partial charge in [0.1, 0.15) is 0 Å². The van der Waals surface area contributed by atoms with E-state index in [4.69, 9.17) is 16.3 Å². The fourth-order valence-corrected chi connectivity index (χ4v) is 1.54. The lowest BCUT2D eigenvalue weighted by Crippen LogP contribution is -2.17. The fourth-order valence-electron chi connectivity index (χ4n) is 1.30. The zero-order valence-corrected chi connectivity index (χ0v) is 10.9. The summed E-state index contributed by atoms with van der Waals surface area (Å²) in [5.74, 6) is 1.05. The molecule has 4 nitrogen and oxygen atoms in total. The summed E-state index contributed by atoms with van der Waals surface area (Å²) >= 11 is 5.99. The van der Waals surface area contributed by atoms with E-state index >= 15 is 0 Å². The highest BCUT2D eigenvalue weighted by Gasteiger charge is 2.08. The zero-order chi connectivity index (χ0) is 12.1. The van der Waals surface area contributed by atoms with Crippen LogP contribution in [-0.4, -0.2) is 30.2 Å². The van der Waals surface area contributed by atoms with Crippen LogP contribution in [0.25, 0.3) is 0 Å². The number of ether oxygens (including phenoxy) is 1. The van der Waals surface area contributed by atoms with Crippen LogP contribution in [0.5, 0.6) is 0 Å². The topological polar surface area (TPSA) is 47.0 Å². The molecule has 0 saturated heterocycles. The molecule has 0 saturated carbocycles. The highest BCUT2D eigenvalue weighted by Crippen LogP contribution is 2.18. The summed E-state index contributed by atoms with van der Waals surface area (Å²) in [6.07, 6.45) is 0. The number of hydrogen-bond donors (Lipinski definition) is 1. The average molecular weight is 244 g/mol. The molecule has 1 atom stereocenters. The maximum atomic E-state index is 5.99. The van der Waals surface area contributed by atoms with Crippen LogP contribution in [0.3, 0.4) is 0 Å². The van der Waals surface area contributed by atoms with Gasteiger partial charge in [0.2, 0.25) is 0 Å². The van der Waals surface area contributed by atoms with Crippen LogP contribution in [0.1, 0.15) is 18.3 Å². The van der Waals surface area contributed by atoms with Crippen molar-refractivity contribution in [3.05, 3.63) is 16.5 Å². The van der Waals surface area contributed by atoms with Gasteiger partial charge in [-0.25, -0.2) is 9.97 Å². The minimum absolute atomic E-state index is 0.407. The Labute approximate surface area is 101 Å². The van der Waals surface area contributed by atoms with E-state index in [0.29, 0.717) is 23.5 Å². The van der Waals surface area contributed by atoms with E-state index < -0.39 is 0 Å². The molecule has 0 spiro atoms. The predicted octanol–water partition coefficient (Wildman–Crippen LogP) is 2.44. The SMILES string of the molecule is COCC(C)CNc1nc(C)c(C)nc1Cl. The summed E-state index contributed by atoms with van der Waals surface area (Å²) in [5, 5.41) is 3.60. The first-order valence-corrected chi connectivity index (χ1v) is 5.66. The van der Waals surface area contributed by atoms with Gasteiger partial charge in [0, 0.05) is 13.7 Å². The van der Waals surface area contributed by atoms with Crippen molar-refractivity contribution in [1.29, 1.82) is 0 Å². The third-order valence-electron chi connectivity index (χ3n) is 2.33. The van der Waals surface area contributed by atoms with E-state index in [-0.39, 0.29) is 0 Å². The minimum Gasteiger partial charge on any atom is -0.384 e. The zero-order valence-electron chi connectivity index (χ0n) is 10.2. The summed E-state index contributed by atoms with van der Waals surface area (Å²) in [5.41, 5.74) is 1.76. The maximum Gasteiger partial charge on any atom is 0.171 e. The predicted molar refractivity (Wildman–Crippen MR) is 66.0 cm³/mol. The second-order valence-electron chi connectivity index (χ2n) is 3.98. The molecule has 5 heteroatoms. The van der Waals surface area contributed by atoms with E-state index in [1.54, 1.807) is 7.11 Å². The van der Waals surface area contributed by atoms with Crippen molar-refractivity contribution >= 4 is 17.4 Å². The molecule has 0 aliphatic carbocycles. The average Bonchev–Trinajstić information content (AvgIpc) is 2.22. The lowest BCUT2D eigenvalue weighted by atomic mass is 10.2. The fraction of sp³-hybridized carbons (Fsp3) is 0.636. The Morgan fingerprint density at radius 2 is 1.94 bits per heavy atom. The van der Waals surface area contributed by atoms with Gasteiger partial charge in [0.05, 0.1) is 18.0 Å². The summed E-state index contributed by atoms with van der Waals surface area (Å²) in [4.78, 5) is 8.56. The van der Waals surface area contributed by atoms with Gasteiger partial charge >= 0.3 is 0 Å². The largest absolute Gasteiger partial charge is 0.384 e. The smallest absolute Gasteiger partial charge is 0.171 e. The molecule has 0 aliphatic rings. The molecule has 1 heterocycles. The van der Waals surface area contributed by atoms with Gasteiger partial charge in [0.15, 0.2) is 11.0 Å². The Kier molecular flexibility index (Phi) is 4.96. The summed E-state index contributed by atoms with van der Waals surface area (Å²) in [6.45, 7) is 7.39. The Morgan fingerprint density at radius 3 is 2.56 bits per heavy atom. The van der Waals surface area contributed by atoms with E-state index in [2.05, 4.69) is 22.2 Å². The van der Waals surface area contributed by atoms with E-state index in [1.165, 1.54) is 0 Å². The van der Waals surface area contributed by atoms with Gasteiger partial charge < -0.3 is 10.1 Å². The van der Waals surface area contributed by atoms with Crippen LogP contribution in [0.2, 0.25) is 5.15 Å². The third kappa shape index (κ3) is 3.61. The highest BCUT2D eigenvalue weighted by molar-refractivity contribution is 6.31. The van der Waals surface area contributed by atoms with Crippen molar-refractivity contribution in [3.63, 3.8) is 0 Å². The maximum absolute atomic E-state index is 5.99. The van der Waals surface area contributed by atoms with Crippen LogP contribution in [-0.2, 0) is 4.74 Å². The molecule has 1 unspecified atom stereocenters. The molecule has 0 radical (unpaired) electrons. The molecule has 90 valence electrons. The molecule has 16 heavy (non-hydrogen) atoms. The first kappa shape index (κ1) is 13.2. The summed E-state index contributed by atoms with van der Waals surface area (Å²) in [6, 6.07) is 0. The van der Waals surface area contributed by atoms with Gasteiger partial charge in [-0.2, -0.15) is 0 Å². The van der Waals surface area contributed by atoms with Gasteiger partial charge in [-0.1, -0.05) is 18.5 Å². The molecule has 0 amide bonds. The Hall–Kier alpha value is -0.870. The Morgan fingerprint density at radius 1 is 1.31 bits per heavy atom. The Bertz CT molecular complexity index is 357. The van der Waals surface area contributed by atoms with Crippen LogP contribution in [0.4, 0.5) is 5.82 Å². The second kappa shape index (κ2) is 6.01. The molecular formula is C11H18ClN3O. The first-order valence-electron chi connectivity index (χ1n) is 5.28.